The van der Waals surface area contributed by atoms with Gasteiger partial charge >= 0.3 is 0 Å². The monoisotopic (exact) mass is 373 g/mol. The minimum atomic E-state index is -3.72. The molecule has 138 valence electrons. The molecule has 0 bridgehead atoms. The second-order valence-corrected chi connectivity index (χ2v) is 8.10. The van der Waals surface area contributed by atoms with E-state index in [1.165, 1.54) is 16.4 Å². The first-order valence-electron chi connectivity index (χ1n) is 8.73. The largest absolute Gasteiger partial charge is 0.352 e. The van der Waals surface area contributed by atoms with Gasteiger partial charge in [-0.1, -0.05) is 24.3 Å². The number of nitrogens with zero attached hydrogens (tertiary/aromatic N) is 1. The third-order valence-electron chi connectivity index (χ3n) is 4.42. The van der Waals surface area contributed by atoms with E-state index >= 15 is 0 Å². The average molecular weight is 373 g/mol. The molecule has 0 aromatic heterocycles. The summed E-state index contributed by atoms with van der Waals surface area (Å²) in [5.74, 6) is -0.297. The summed E-state index contributed by atoms with van der Waals surface area (Å²) < 4.78 is 27.8. The van der Waals surface area contributed by atoms with Gasteiger partial charge in [0.05, 0.1) is 10.6 Å². The van der Waals surface area contributed by atoms with E-state index in [-0.39, 0.29) is 10.8 Å². The summed E-state index contributed by atoms with van der Waals surface area (Å²) in [4.78, 5) is 12.3. The smallest absolute Gasteiger partial charge is 0.264 e. The summed E-state index contributed by atoms with van der Waals surface area (Å²) in [6, 6.07) is 13.7. The SMILES string of the molecule is NCCCNC(=O)c1cccc(S(=O)(=O)N2CCCc3ccccc32)c1. The molecule has 1 aliphatic heterocycles. The highest BCUT2D eigenvalue weighted by molar-refractivity contribution is 7.92. The Morgan fingerprint density at radius 1 is 1.15 bits per heavy atom. The molecule has 1 amide bonds. The Labute approximate surface area is 154 Å². The first-order valence-corrected chi connectivity index (χ1v) is 10.2. The fraction of sp³-hybridized carbons (Fsp3) is 0.316. The molecule has 0 atom stereocenters. The molecule has 2 aromatic rings. The highest BCUT2D eigenvalue weighted by Crippen LogP contribution is 2.31. The second-order valence-electron chi connectivity index (χ2n) is 6.24. The zero-order valence-electron chi connectivity index (χ0n) is 14.5. The van der Waals surface area contributed by atoms with E-state index in [0.29, 0.717) is 31.6 Å². The van der Waals surface area contributed by atoms with Crippen LogP contribution >= 0.6 is 0 Å². The third kappa shape index (κ3) is 3.73. The van der Waals surface area contributed by atoms with E-state index < -0.39 is 10.0 Å². The zero-order valence-corrected chi connectivity index (χ0v) is 15.3. The average Bonchev–Trinajstić information content (AvgIpc) is 2.67. The molecule has 0 saturated heterocycles. The summed E-state index contributed by atoms with van der Waals surface area (Å²) in [5, 5.41) is 2.75. The van der Waals surface area contributed by atoms with Crippen molar-refractivity contribution in [2.75, 3.05) is 23.9 Å². The van der Waals surface area contributed by atoms with E-state index in [4.69, 9.17) is 5.73 Å². The van der Waals surface area contributed by atoms with Gasteiger partial charge in [0.25, 0.3) is 15.9 Å². The number of fused-ring (bicyclic) bond motifs is 1. The van der Waals surface area contributed by atoms with E-state index in [2.05, 4.69) is 5.32 Å². The molecule has 2 aromatic carbocycles. The van der Waals surface area contributed by atoms with Crippen LogP contribution in [0.15, 0.2) is 53.4 Å². The molecule has 0 unspecified atom stereocenters. The third-order valence-corrected chi connectivity index (χ3v) is 6.23. The summed E-state index contributed by atoms with van der Waals surface area (Å²) in [5.41, 5.74) is 7.49. The molecule has 0 fully saturated rings. The number of sulfonamides is 1. The molecule has 0 saturated carbocycles. The fourth-order valence-corrected chi connectivity index (χ4v) is 4.67. The first-order chi connectivity index (χ1) is 12.5. The van der Waals surface area contributed by atoms with Gasteiger partial charge in [0.1, 0.15) is 0 Å². The van der Waals surface area contributed by atoms with Crippen molar-refractivity contribution in [3.63, 3.8) is 0 Å². The molecule has 26 heavy (non-hydrogen) atoms. The maximum Gasteiger partial charge on any atom is 0.264 e. The highest BCUT2D eigenvalue weighted by atomic mass is 32.2. The van der Waals surface area contributed by atoms with E-state index in [0.717, 1.165) is 24.1 Å². The number of rotatable bonds is 6. The number of nitrogens with one attached hydrogen (secondary N) is 1. The lowest BCUT2D eigenvalue weighted by atomic mass is 10.0. The number of aryl methyl sites for hydroxylation is 1. The second kappa shape index (κ2) is 7.88. The van der Waals surface area contributed by atoms with Crippen LogP contribution in [0.3, 0.4) is 0 Å². The fourth-order valence-electron chi connectivity index (χ4n) is 3.08. The number of hydrogen-bond acceptors (Lipinski definition) is 4. The Balaban J connectivity index is 1.89. The van der Waals surface area contributed by atoms with Crippen molar-refractivity contribution in [3.05, 3.63) is 59.7 Å². The van der Waals surface area contributed by atoms with Crippen LogP contribution in [0.1, 0.15) is 28.8 Å². The van der Waals surface area contributed by atoms with Gasteiger partial charge in [-0.15, -0.1) is 0 Å². The molecule has 3 rings (SSSR count). The van der Waals surface area contributed by atoms with Crippen LogP contribution in [0.4, 0.5) is 5.69 Å². The summed E-state index contributed by atoms with van der Waals surface area (Å²) in [6.07, 6.45) is 2.32. The van der Waals surface area contributed by atoms with Crippen molar-refractivity contribution in [2.45, 2.75) is 24.2 Å². The van der Waals surface area contributed by atoms with Crippen molar-refractivity contribution in [3.8, 4) is 0 Å². The normalized spacial score (nSPS) is 14.0. The molecule has 0 radical (unpaired) electrons. The maximum absolute atomic E-state index is 13.2. The van der Waals surface area contributed by atoms with Crippen LogP contribution in [0.2, 0.25) is 0 Å². The number of carbonyl (C=O) groups excluding carboxylic acids is 1. The van der Waals surface area contributed by atoms with Gasteiger partial charge in [0.15, 0.2) is 0 Å². The van der Waals surface area contributed by atoms with E-state index in [1.807, 2.05) is 24.3 Å². The van der Waals surface area contributed by atoms with Gasteiger partial charge in [-0.05, 0) is 55.6 Å². The van der Waals surface area contributed by atoms with Gasteiger partial charge < -0.3 is 11.1 Å². The summed E-state index contributed by atoms with van der Waals surface area (Å²) in [6.45, 7) is 1.39. The first kappa shape index (κ1) is 18.4. The lowest BCUT2D eigenvalue weighted by Crippen LogP contribution is -2.35. The van der Waals surface area contributed by atoms with Crippen molar-refractivity contribution in [1.82, 2.24) is 5.32 Å². The lowest BCUT2D eigenvalue weighted by Gasteiger charge is -2.30. The maximum atomic E-state index is 13.2. The minimum absolute atomic E-state index is 0.126. The summed E-state index contributed by atoms with van der Waals surface area (Å²) in [7, 11) is -3.72. The quantitative estimate of drug-likeness (QED) is 0.757. The number of para-hydroxylation sites is 1. The van der Waals surface area contributed by atoms with Crippen LogP contribution < -0.4 is 15.4 Å². The highest BCUT2D eigenvalue weighted by Gasteiger charge is 2.29. The van der Waals surface area contributed by atoms with Crippen LogP contribution in [-0.2, 0) is 16.4 Å². The number of benzene rings is 2. The Hall–Kier alpha value is -2.38. The molecule has 6 nitrogen and oxygen atoms in total. The van der Waals surface area contributed by atoms with Crippen LogP contribution in [0.5, 0.6) is 0 Å². The van der Waals surface area contributed by atoms with Gasteiger partial charge in [-0.2, -0.15) is 0 Å². The minimum Gasteiger partial charge on any atom is -0.352 e. The number of hydrogen-bond donors (Lipinski definition) is 2. The molecule has 0 spiro atoms. The number of amides is 1. The molecule has 3 N–H and O–H groups in total. The lowest BCUT2D eigenvalue weighted by molar-refractivity contribution is 0.0953. The van der Waals surface area contributed by atoms with Crippen molar-refractivity contribution in [2.24, 2.45) is 5.73 Å². The Bertz CT molecular complexity index is 896. The van der Waals surface area contributed by atoms with Crippen molar-refractivity contribution >= 4 is 21.6 Å². The predicted octanol–water partition coefficient (Wildman–Crippen LogP) is 1.91. The van der Waals surface area contributed by atoms with Gasteiger partial charge in [0, 0.05) is 18.7 Å². The number of carbonyl (C=O) groups is 1. The van der Waals surface area contributed by atoms with Crippen molar-refractivity contribution in [1.29, 1.82) is 0 Å². The van der Waals surface area contributed by atoms with E-state index in [9.17, 15) is 13.2 Å². The topological polar surface area (TPSA) is 92.5 Å². The molecular weight excluding hydrogens is 350 g/mol. The van der Waals surface area contributed by atoms with Crippen LogP contribution in [-0.4, -0.2) is 34.0 Å². The van der Waals surface area contributed by atoms with Gasteiger partial charge in [0.2, 0.25) is 0 Å². The Morgan fingerprint density at radius 3 is 2.77 bits per heavy atom. The van der Waals surface area contributed by atoms with Gasteiger partial charge in [-0.3, -0.25) is 9.10 Å². The van der Waals surface area contributed by atoms with Crippen molar-refractivity contribution < 1.29 is 13.2 Å². The number of nitrogens with two attached hydrogens (primary N) is 1. The summed E-state index contributed by atoms with van der Waals surface area (Å²) >= 11 is 0. The Kier molecular flexibility index (Phi) is 5.58. The van der Waals surface area contributed by atoms with Crippen LogP contribution in [0.25, 0.3) is 0 Å². The predicted molar refractivity (Wildman–Crippen MR) is 102 cm³/mol. The molecular formula is C19H23N3O3S. The number of anilines is 1. The Morgan fingerprint density at radius 2 is 1.96 bits per heavy atom. The molecule has 1 aliphatic rings. The standard InChI is InChI=1S/C19H23N3O3S/c20-11-5-12-21-19(23)16-7-3-9-17(14-16)26(24,25)22-13-4-8-15-6-1-2-10-18(15)22/h1-3,6-7,9-10,14H,4-5,8,11-13,20H2,(H,21,23). The van der Waals surface area contributed by atoms with Gasteiger partial charge in [-0.25, -0.2) is 8.42 Å². The molecule has 0 aliphatic carbocycles. The van der Waals surface area contributed by atoms with E-state index in [1.54, 1.807) is 12.1 Å². The molecule has 1 heterocycles. The zero-order chi connectivity index (χ0) is 18.6. The molecule has 7 heteroatoms. The van der Waals surface area contributed by atoms with Crippen LogP contribution in [0, 0.1) is 0 Å².